The van der Waals surface area contributed by atoms with Gasteiger partial charge in [-0.3, -0.25) is 4.79 Å². The molecule has 0 aromatic carbocycles. The number of thiophene rings is 2. The molecule has 0 fully saturated rings. The van der Waals surface area contributed by atoms with Crippen molar-refractivity contribution >= 4 is 38.8 Å². The highest BCUT2D eigenvalue weighted by Gasteiger charge is 2.29. The first-order valence-electron chi connectivity index (χ1n) is 9.80. The first-order chi connectivity index (χ1) is 13.3. The number of fused-ring (bicyclic) bond motifs is 2. The molecule has 0 saturated heterocycles. The van der Waals surface area contributed by atoms with Crippen molar-refractivity contribution in [3.05, 3.63) is 50.7 Å². The number of amides is 1. The number of aromatic nitrogens is 1. The topological polar surface area (TPSA) is 68.0 Å². The summed E-state index contributed by atoms with van der Waals surface area (Å²) in [5.74, 6) is 0.603. The molecule has 3 aromatic rings. The summed E-state index contributed by atoms with van der Waals surface area (Å²) in [6.45, 7) is 7.35. The summed E-state index contributed by atoms with van der Waals surface area (Å²) in [6, 6.07) is 6.08. The molecule has 0 radical (unpaired) electrons. The van der Waals surface area contributed by atoms with Crippen LogP contribution in [0, 0.1) is 11.3 Å². The van der Waals surface area contributed by atoms with Gasteiger partial charge in [-0.25, -0.2) is 4.98 Å². The quantitative estimate of drug-likeness (QED) is 0.637. The van der Waals surface area contributed by atoms with Gasteiger partial charge in [0.25, 0.3) is 5.91 Å². The van der Waals surface area contributed by atoms with E-state index in [2.05, 4.69) is 32.2 Å². The van der Waals surface area contributed by atoms with Crippen molar-refractivity contribution in [3.8, 4) is 0 Å². The molecule has 3 N–H and O–H groups in total. The van der Waals surface area contributed by atoms with E-state index >= 15 is 0 Å². The number of hydrogen-bond donors (Lipinski definition) is 2. The van der Waals surface area contributed by atoms with Crippen LogP contribution in [-0.4, -0.2) is 17.4 Å². The highest BCUT2D eigenvalue weighted by Crippen LogP contribution is 2.38. The van der Waals surface area contributed by atoms with Gasteiger partial charge in [0.2, 0.25) is 0 Å². The van der Waals surface area contributed by atoms with Gasteiger partial charge in [-0.15, -0.1) is 11.3 Å². The molecule has 28 heavy (non-hydrogen) atoms. The average Bonchev–Trinajstić information content (AvgIpc) is 3.32. The van der Waals surface area contributed by atoms with Crippen molar-refractivity contribution in [1.82, 2.24) is 10.3 Å². The molecule has 0 saturated carbocycles. The molecule has 3 heterocycles. The summed E-state index contributed by atoms with van der Waals surface area (Å²) in [5, 5.41) is 8.18. The van der Waals surface area contributed by atoms with E-state index in [4.69, 9.17) is 10.7 Å². The molecular formula is C22H27N3OS2. The number of aryl methyl sites for hydroxylation is 1. The van der Waals surface area contributed by atoms with Crippen molar-refractivity contribution in [1.29, 1.82) is 0 Å². The number of nitrogens with two attached hydrogens (primary N) is 1. The van der Waals surface area contributed by atoms with Crippen LogP contribution in [0.2, 0.25) is 0 Å². The van der Waals surface area contributed by atoms with E-state index in [1.54, 1.807) is 11.3 Å². The van der Waals surface area contributed by atoms with E-state index in [0.717, 1.165) is 28.6 Å². The maximum atomic E-state index is 12.8. The van der Waals surface area contributed by atoms with Crippen molar-refractivity contribution in [2.75, 3.05) is 6.54 Å². The van der Waals surface area contributed by atoms with E-state index in [9.17, 15) is 4.79 Å². The fraction of sp³-hybridized carbons (Fsp3) is 0.455. The summed E-state index contributed by atoms with van der Waals surface area (Å²) < 4.78 is 0. The molecule has 0 aliphatic heterocycles. The first-order valence-corrected chi connectivity index (χ1v) is 11.6. The molecule has 6 heteroatoms. The van der Waals surface area contributed by atoms with Gasteiger partial charge in [-0.05, 0) is 70.7 Å². The van der Waals surface area contributed by atoms with Crippen LogP contribution >= 0.6 is 22.7 Å². The third kappa shape index (κ3) is 3.86. The molecule has 0 unspecified atom stereocenters. The largest absolute Gasteiger partial charge is 0.343 e. The minimum absolute atomic E-state index is 0.0739. The third-order valence-corrected chi connectivity index (χ3v) is 7.55. The molecule has 0 bridgehead atoms. The lowest BCUT2D eigenvalue weighted by molar-refractivity contribution is 0.0942. The van der Waals surface area contributed by atoms with Gasteiger partial charge in [0.15, 0.2) is 0 Å². The molecule has 1 amide bonds. The van der Waals surface area contributed by atoms with Crippen molar-refractivity contribution < 1.29 is 4.79 Å². The zero-order valence-electron chi connectivity index (χ0n) is 16.6. The Morgan fingerprint density at radius 3 is 2.89 bits per heavy atom. The van der Waals surface area contributed by atoms with Crippen LogP contribution in [0.4, 0.5) is 0 Å². The van der Waals surface area contributed by atoms with Crippen LogP contribution in [0.5, 0.6) is 0 Å². The van der Waals surface area contributed by atoms with Gasteiger partial charge in [0.1, 0.15) is 4.83 Å². The summed E-state index contributed by atoms with van der Waals surface area (Å²) in [7, 11) is 0. The SMILES string of the molecule is CC(C)(C)[C@@H]1CCc2nc3sc(C(=O)N[C@H](CN)c4ccsc4)cc3cc2C1. The average molecular weight is 414 g/mol. The Morgan fingerprint density at radius 2 is 2.21 bits per heavy atom. The maximum absolute atomic E-state index is 12.8. The fourth-order valence-corrected chi connectivity index (χ4v) is 5.61. The Labute approximate surface area is 174 Å². The lowest BCUT2D eigenvalue weighted by Gasteiger charge is -2.34. The van der Waals surface area contributed by atoms with E-state index in [0.29, 0.717) is 22.8 Å². The van der Waals surface area contributed by atoms with Gasteiger partial charge in [0.05, 0.1) is 10.9 Å². The molecule has 2 atom stereocenters. The zero-order chi connectivity index (χ0) is 19.9. The van der Waals surface area contributed by atoms with Crippen LogP contribution in [0.3, 0.4) is 0 Å². The number of carbonyl (C=O) groups excluding carboxylic acids is 1. The number of pyridine rings is 1. The molecule has 1 aliphatic rings. The van der Waals surface area contributed by atoms with E-state index < -0.39 is 0 Å². The molecule has 148 valence electrons. The van der Waals surface area contributed by atoms with Crippen LogP contribution in [0.25, 0.3) is 10.2 Å². The van der Waals surface area contributed by atoms with Crippen LogP contribution in [0.1, 0.15) is 59.7 Å². The highest BCUT2D eigenvalue weighted by molar-refractivity contribution is 7.20. The summed E-state index contributed by atoms with van der Waals surface area (Å²) in [5.41, 5.74) is 9.80. The minimum atomic E-state index is -0.155. The predicted octanol–water partition coefficient (Wildman–Crippen LogP) is 4.94. The van der Waals surface area contributed by atoms with E-state index in [1.165, 1.54) is 29.0 Å². The first kappa shape index (κ1) is 19.6. The molecule has 0 spiro atoms. The highest BCUT2D eigenvalue weighted by atomic mass is 32.1. The smallest absolute Gasteiger partial charge is 0.261 e. The number of nitrogens with zero attached hydrogens (tertiary/aromatic N) is 1. The fourth-order valence-electron chi connectivity index (χ4n) is 3.96. The Balaban J connectivity index is 1.57. The second-order valence-corrected chi connectivity index (χ2v) is 10.5. The van der Waals surface area contributed by atoms with Crippen molar-refractivity contribution in [3.63, 3.8) is 0 Å². The Kier molecular flexibility index (Phi) is 5.29. The lowest BCUT2D eigenvalue weighted by atomic mass is 9.71. The van der Waals surface area contributed by atoms with Gasteiger partial charge in [0, 0.05) is 17.6 Å². The monoisotopic (exact) mass is 413 g/mol. The number of nitrogens with one attached hydrogen (secondary N) is 1. The van der Waals surface area contributed by atoms with E-state index in [-0.39, 0.29) is 11.9 Å². The van der Waals surface area contributed by atoms with Crippen molar-refractivity contribution in [2.24, 2.45) is 17.1 Å². The minimum Gasteiger partial charge on any atom is -0.343 e. The lowest BCUT2D eigenvalue weighted by Crippen LogP contribution is -2.32. The summed E-state index contributed by atoms with van der Waals surface area (Å²) >= 11 is 3.08. The second-order valence-electron chi connectivity index (χ2n) is 8.72. The normalized spacial score (nSPS) is 18.1. The third-order valence-electron chi connectivity index (χ3n) is 5.81. The standard InChI is InChI=1S/C22H27N3OS2/c1-22(2,3)16-4-5-17-14(9-16)8-15-10-19(28-21(15)25-17)20(26)24-18(11-23)13-6-7-27-12-13/h6-8,10,12,16,18H,4-5,9,11,23H2,1-3H3,(H,24,26)/t16-,18-/m1/s1. The Bertz CT molecular complexity index is 985. The molecular weight excluding hydrogens is 386 g/mol. The van der Waals surface area contributed by atoms with Crippen LogP contribution in [0.15, 0.2) is 29.0 Å². The Morgan fingerprint density at radius 1 is 1.39 bits per heavy atom. The molecule has 3 aromatic heterocycles. The van der Waals surface area contributed by atoms with Crippen LogP contribution in [-0.2, 0) is 12.8 Å². The van der Waals surface area contributed by atoms with Crippen molar-refractivity contribution in [2.45, 2.75) is 46.1 Å². The van der Waals surface area contributed by atoms with Gasteiger partial charge in [-0.2, -0.15) is 11.3 Å². The molecule has 1 aliphatic carbocycles. The Hall–Kier alpha value is -1.76. The van der Waals surface area contributed by atoms with Gasteiger partial charge in [-0.1, -0.05) is 20.8 Å². The van der Waals surface area contributed by atoms with Gasteiger partial charge >= 0.3 is 0 Å². The van der Waals surface area contributed by atoms with Gasteiger partial charge < -0.3 is 11.1 Å². The van der Waals surface area contributed by atoms with E-state index in [1.807, 2.05) is 22.9 Å². The molecule has 4 rings (SSSR count). The zero-order valence-corrected chi connectivity index (χ0v) is 18.3. The van der Waals surface area contributed by atoms with Crippen LogP contribution < -0.4 is 11.1 Å². The summed E-state index contributed by atoms with van der Waals surface area (Å²) in [4.78, 5) is 19.4. The number of carbonyl (C=O) groups is 1. The maximum Gasteiger partial charge on any atom is 0.261 e. The summed E-state index contributed by atoms with van der Waals surface area (Å²) in [6.07, 6.45) is 3.29. The number of hydrogen-bond acceptors (Lipinski definition) is 5. The second kappa shape index (κ2) is 7.58. The number of rotatable bonds is 4. The predicted molar refractivity (Wildman–Crippen MR) is 118 cm³/mol. The molecule has 4 nitrogen and oxygen atoms in total.